The molecule has 5 nitrogen and oxygen atoms in total. The summed E-state index contributed by atoms with van der Waals surface area (Å²) < 4.78 is 13.2. The number of rotatable bonds is 5. The molecule has 6 heteroatoms. The van der Waals surface area contributed by atoms with Gasteiger partial charge in [0.1, 0.15) is 23.3 Å². The zero-order valence-electron chi connectivity index (χ0n) is 15.3. The van der Waals surface area contributed by atoms with Gasteiger partial charge in [-0.3, -0.25) is 4.79 Å². The van der Waals surface area contributed by atoms with Crippen LogP contribution in [-0.2, 0) is 13.1 Å². The van der Waals surface area contributed by atoms with Gasteiger partial charge in [-0.2, -0.15) is 0 Å². The van der Waals surface area contributed by atoms with Crippen molar-refractivity contribution in [1.82, 2.24) is 9.88 Å². The molecule has 0 unspecified atom stereocenters. The summed E-state index contributed by atoms with van der Waals surface area (Å²) in [6.07, 6.45) is 0.914. The van der Waals surface area contributed by atoms with Gasteiger partial charge in [-0.1, -0.05) is 30.7 Å². The number of hydrogen-bond donors (Lipinski definition) is 1. The van der Waals surface area contributed by atoms with E-state index in [1.807, 2.05) is 47.0 Å². The molecule has 0 radical (unpaired) electrons. The fourth-order valence-corrected chi connectivity index (χ4v) is 3.64. The summed E-state index contributed by atoms with van der Waals surface area (Å²) in [6.45, 7) is 3.16. The molecule has 0 fully saturated rings. The van der Waals surface area contributed by atoms with Crippen molar-refractivity contribution in [1.29, 1.82) is 0 Å². The first-order valence-electron chi connectivity index (χ1n) is 9.00. The SMILES string of the molecule is CC[C@H]1Cn2c(C(=O)NCc3ccc(OC)cc3)cc3c(Cl)ccc(c32)O1. The van der Waals surface area contributed by atoms with Crippen molar-refractivity contribution >= 4 is 28.4 Å². The number of amides is 1. The smallest absolute Gasteiger partial charge is 0.268 e. The first kappa shape index (κ1) is 17.7. The lowest BCUT2D eigenvalue weighted by atomic mass is 10.2. The van der Waals surface area contributed by atoms with Gasteiger partial charge < -0.3 is 19.4 Å². The van der Waals surface area contributed by atoms with Crippen molar-refractivity contribution in [3.05, 3.63) is 58.7 Å². The summed E-state index contributed by atoms with van der Waals surface area (Å²) in [6, 6.07) is 13.2. The lowest BCUT2D eigenvalue weighted by Gasteiger charge is -2.26. The number of hydrogen-bond acceptors (Lipinski definition) is 3. The maximum atomic E-state index is 12.9. The number of methoxy groups -OCH3 is 1. The average molecular weight is 385 g/mol. The zero-order valence-corrected chi connectivity index (χ0v) is 16.0. The number of benzene rings is 2. The summed E-state index contributed by atoms with van der Waals surface area (Å²) >= 11 is 6.36. The molecular weight excluding hydrogens is 364 g/mol. The summed E-state index contributed by atoms with van der Waals surface area (Å²) in [7, 11) is 1.63. The topological polar surface area (TPSA) is 52.5 Å². The first-order chi connectivity index (χ1) is 13.1. The van der Waals surface area contributed by atoms with Gasteiger partial charge in [0.05, 0.1) is 24.2 Å². The van der Waals surface area contributed by atoms with Crippen LogP contribution in [0.2, 0.25) is 5.02 Å². The molecule has 1 amide bonds. The minimum absolute atomic E-state index is 0.0439. The normalized spacial score (nSPS) is 15.4. The highest BCUT2D eigenvalue weighted by Gasteiger charge is 2.26. The maximum absolute atomic E-state index is 12.9. The van der Waals surface area contributed by atoms with Crippen LogP contribution in [0.5, 0.6) is 11.5 Å². The largest absolute Gasteiger partial charge is 0.497 e. The van der Waals surface area contributed by atoms with Crippen molar-refractivity contribution in [2.45, 2.75) is 32.5 Å². The highest BCUT2D eigenvalue weighted by Crippen LogP contribution is 2.38. The molecule has 4 rings (SSSR count). The van der Waals surface area contributed by atoms with Crippen molar-refractivity contribution < 1.29 is 14.3 Å². The fourth-order valence-electron chi connectivity index (χ4n) is 3.44. The molecule has 0 bridgehead atoms. The first-order valence-corrected chi connectivity index (χ1v) is 9.38. The van der Waals surface area contributed by atoms with E-state index in [9.17, 15) is 4.79 Å². The van der Waals surface area contributed by atoms with Crippen LogP contribution in [0.1, 0.15) is 29.4 Å². The number of carbonyl (C=O) groups excluding carboxylic acids is 1. The molecule has 1 N–H and O–H groups in total. The van der Waals surface area contributed by atoms with Crippen LogP contribution >= 0.6 is 11.6 Å². The second kappa shape index (κ2) is 7.16. The highest BCUT2D eigenvalue weighted by atomic mass is 35.5. The Bertz CT molecular complexity index is 995. The van der Waals surface area contributed by atoms with E-state index in [0.717, 1.165) is 34.4 Å². The van der Waals surface area contributed by atoms with Crippen LogP contribution in [0.25, 0.3) is 10.9 Å². The van der Waals surface area contributed by atoms with E-state index in [0.29, 0.717) is 23.8 Å². The molecule has 1 aliphatic heterocycles. The van der Waals surface area contributed by atoms with E-state index >= 15 is 0 Å². The summed E-state index contributed by atoms with van der Waals surface area (Å²) in [5.41, 5.74) is 2.50. The van der Waals surface area contributed by atoms with E-state index in [2.05, 4.69) is 12.2 Å². The molecule has 1 aromatic heterocycles. The van der Waals surface area contributed by atoms with Gasteiger partial charge in [-0.05, 0) is 42.3 Å². The van der Waals surface area contributed by atoms with Crippen LogP contribution in [0.4, 0.5) is 0 Å². The summed E-state index contributed by atoms with van der Waals surface area (Å²) in [5.74, 6) is 1.45. The van der Waals surface area contributed by atoms with Crippen LogP contribution in [0.3, 0.4) is 0 Å². The number of carbonyl (C=O) groups is 1. The Hall–Kier alpha value is -2.66. The summed E-state index contributed by atoms with van der Waals surface area (Å²) in [5, 5.41) is 4.47. The Morgan fingerprint density at radius 1 is 1.30 bits per heavy atom. The molecule has 2 aromatic carbocycles. The third kappa shape index (κ3) is 3.23. The standard InChI is InChI=1S/C21H21ClN2O3/c1-3-14-12-24-18(10-16-17(22)8-9-19(27-14)20(16)24)21(25)23-11-13-4-6-15(26-2)7-5-13/h4-10,14H,3,11-12H2,1-2H3,(H,23,25)/t14-/m0/s1. The minimum atomic E-state index is -0.124. The molecule has 0 spiro atoms. The zero-order chi connectivity index (χ0) is 19.0. The third-order valence-electron chi connectivity index (χ3n) is 4.95. The van der Waals surface area contributed by atoms with Crippen LogP contribution in [0.15, 0.2) is 42.5 Å². The number of nitrogens with zero attached hydrogens (tertiary/aromatic N) is 1. The van der Waals surface area contributed by atoms with Crippen LogP contribution < -0.4 is 14.8 Å². The predicted octanol–water partition coefficient (Wildman–Crippen LogP) is 4.40. The lowest BCUT2D eigenvalue weighted by Crippen LogP contribution is -2.31. The molecule has 140 valence electrons. The molecule has 1 aliphatic rings. The molecule has 0 aliphatic carbocycles. The van der Waals surface area contributed by atoms with E-state index in [-0.39, 0.29) is 12.0 Å². The number of ether oxygens (including phenoxy) is 2. The Balaban J connectivity index is 1.62. The van der Waals surface area contributed by atoms with Gasteiger partial charge in [0.2, 0.25) is 0 Å². The van der Waals surface area contributed by atoms with Gasteiger partial charge in [-0.25, -0.2) is 0 Å². The summed E-state index contributed by atoms with van der Waals surface area (Å²) in [4.78, 5) is 12.9. The van der Waals surface area contributed by atoms with Gasteiger partial charge in [0.15, 0.2) is 0 Å². The second-order valence-corrected chi connectivity index (χ2v) is 7.03. The number of aromatic nitrogens is 1. The Morgan fingerprint density at radius 3 is 2.78 bits per heavy atom. The van der Waals surface area contributed by atoms with Crippen molar-refractivity contribution in [2.24, 2.45) is 0 Å². The molecule has 27 heavy (non-hydrogen) atoms. The van der Waals surface area contributed by atoms with E-state index < -0.39 is 0 Å². The van der Waals surface area contributed by atoms with Crippen molar-refractivity contribution in [2.75, 3.05) is 7.11 Å². The molecule has 2 heterocycles. The molecule has 3 aromatic rings. The monoisotopic (exact) mass is 384 g/mol. The van der Waals surface area contributed by atoms with E-state index in [4.69, 9.17) is 21.1 Å². The van der Waals surface area contributed by atoms with Crippen molar-refractivity contribution in [3.63, 3.8) is 0 Å². The number of nitrogens with one attached hydrogen (secondary N) is 1. The van der Waals surface area contributed by atoms with Crippen molar-refractivity contribution in [3.8, 4) is 11.5 Å². The Kier molecular flexibility index (Phi) is 4.70. The second-order valence-electron chi connectivity index (χ2n) is 6.63. The molecular formula is C21H21ClN2O3. The predicted molar refractivity (Wildman–Crippen MR) is 106 cm³/mol. The quantitative estimate of drug-likeness (QED) is 0.709. The number of halogens is 1. The minimum Gasteiger partial charge on any atom is -0.497 e. The average Bonchev–Trinajstić information content (AvgIpc) is 3.10. The fraction of sp³-hybridized carbons (Fsp3) is 0.286. The van der Waals surface area contributed by atoms with Gasteiger partial charge >= 0.3 is 0 Å². The van der Waals surface area contributed by atoms with Gasteiger partial charge in [0.25, 0.3) is 5.91 Å². The Morgan fingerprint density at radius 2 is 2.07 bits per heavy atom. The lowest BCUT2D eigenvalue weighted by molar-refractivity contribution is 0.0935. The van der Waals surface area contributed by atoms with E-state index in [1.165, 1.54) is 0 Å². The maximum Gasteiger partial charge on any atom is 0.268 e. The molecule has 1 atom stereocenters. The Labute approximate surface area is 162 Å². The van der Waals surface area contributed by atoms with Gasteiger partial charge in [0, 0.05) is 11.9 Å². The van der Waals surface area contributed by atoms with Gasteiger partial charge in [-0.15, -0.1) is 0 Å². The highest BCUT2D eigenvalue weighted by molar-refractivity contribution is 6.36. The van der Waals surface area contributed by atoms with Crippen LogP contribution in [0, 0.1) is 0 Å². The van der Waals surface area contributed by atoms with Crippen LogP contribution in [-0.4, -0.2) is 23.7 Å². The third-order valence-corrected chi connectivity index (χ3v) is 5.28. The molecule has 0 saturated carbocycles. The molecule has 0 saturated heterocycles. The van der Waals surface area contributed by atoms with E-state index in [1.54, 1.807) is 7.11 Å².